The van der Waals surface area contributed by atoms with Crippen LogP contribution in [0.5, 0.6) is 0 Å². The summed E-state index contributed by atoms with van der Waals surface area (Å²) in [5.41, 5.74) is 1.94. The van der Waals surface area contributed by atoms with Crippen LogP contribution in [0, 0.1) is 5.82 Å². The van der Waals surface area contributed by atoms with Gasteiger partial charge in [0.15, 0.2) is 0 Å². The maximum Gasteiger partial charge on any atom is 0.127 e. The number of nitrogens with one attached hydrogen (secondary N) is 2. The van der Waals surface area contributed by atoms with Crippen LogP contribution in [0.4, 0.5) is 4.39 Å². The second kappa shape index (κ2) is 3.91. The predicted molar refractivity (Wildman–Crippen MR) is 63.1 cm³/mol. The standard InChI is InChI=1S/C13H15FN2/c14-11-1-2-12-10(5-8-16-12)13(11)9-3-6-15-7-4-9/h1-2,5,8-9,15-16H,3-4,6-7H2. The van der Waals surface area contributed by atoms with Crippen LogP contribution in [-0.4, -0.2) is 18.1 Å². The second-order valence-corrected chi connectivity index (χ2v) is 4.42. The molecular weight excluding hydrogens is 203 g/mol. The lowest BCUT2D eigenvalue weighted by molar-refractivity contribution is 0.448. The highest BCUT2D eigenvalue weighted by molar-refractivity contribution is 5.83. The monoisotopic (exact) mass is 218 g/mol. The van der Waals surface area contributed by atoms with Crippen molar-refractivity contribution in [1.82, 2.24) is 10.3 Å². The van der Waals surface area contributed by atoms with Gasteiger partial charge in [-0.15, -0.1) is 0 Å². The SMILES string of the molecule is Fc1ccc2[nH]ccc2c1C1CCNCC1. The van der Waals surface area contributed by atoms with E-state index < -0.39 is 0 Å². The first-order valence-electron chi connectivity index (χ1n) is 5.82. The minimum atomic E-state index is -0.0565. The molecule has 0 spiro atoms. The van der Waals surface area contributed by atoms with Gasteiger partial charge in [-0.1, -0.05) is 0 Å². The van der Waals surface area contributed by atoms with Crippen molar-refractivity contribution in [3.8, 4) is 0 Å². The van der Waals surface area contributed by atoms with Gasteiger partial charge in [0.2, 0.25) is 0 Å². The van der Waals surface area contributed by atoms with Gasteiger partial charge in [0.05, 0.1) is 0 Å². The Balaban J connectivity index is 2.12. The van der Waals surface area contributed by atoms with Gasteiger partial charge >= 0.3 is 0 Å². The van der Waals surface area contributed by atoms with Gasteiger partial charge in [0.1, 0.15) is 5.82 Å². The molecule has 1 fully saturated rings. The summed E-state index contributed by atoms with van der Waals surface area (Å²) in [7, 11) is 0. The van der Waals surface area contributed by atoms with Crippen molar-refractivity contribution in [3.05, 3.63) is 35.8 Å². The molecule has 2 heterocycles. The number of aromatic nitrogens is 1. The molecule has 84 valence electrons. The van der Waals surface area contributed by atoms with Gasteiger partial charge in [-0.25, -0.2) is 4.39 Å². The molecule has 1 aliphatic rings. The van der Waals surface area contributed by atoms with Gasteiger partial charge in [-0.05, 0) is 50.0 Å². The Morgan fingerprint density at radius 2 is 1.94 bits per heavy atom. The summed E-state index contributed by atoms with van der Waals surface area (Å²) in [4.78, 5) is 3.14. The van der Waals surface area contributed by atoms with E-state index in [2.05, 4.69) is 10.3 Å². The third-order valence-electron chi connectivity index (χ3n) is 3.47. The number of piperidine rings is 1. The molecule has 0 atom stereocenters. The van der Waals surface area contributed by atoms with Crippen molar-refractivity contribution in [1.29, 1.82) is 0 Å². The smallest absolute Gasteiger partial charge is 0.127 e. The Hall–Kier alpha value is -1.35. The first-order valence-corrected chi connectivity index (χ1v) is 5.82. The number of hydrogen-bond donors (Lipinski definition) is 2. The minimum absolute atomic E-state index is 0.0565. The van der Waals surface area contributed by atoms with E-state index in [1.807, 2.05) is 18.3 Å². The third kappa shape index (κ3) is 1.52. The van der Waals surface area contributed by atoms with Crippen LogP contribution in [0.25, 0.3) is 10.9 Å². The second-order valence-electron chi connectivity index (χ2n) is 4.42. The summed E-state index contributed by atoms with van der Waals surface area (Å²) < 4.78 is 13.9. The number of rotatable bonds is 1. The summed E-state index contributed by atoms with van der Waals surface area (Å²) in [6.07, 6.45) is 3.94. The number of H-pyrrole nitrogens is 1. The summed E-state index contributed by atoms with van der Waals surface area (Å²) in [6.45, 7) is 1.98. The molecule has 1 saturated heterocycles. The van der Waals surface area contributed by atoms with E-state index in [-0.39, 0.29) is 5.82 Å². The molecule has 16 heavy (non-hydrogen) atoms. The third-order valence-corrected chi connectivity index (χ3v) is 3.47. The lowest BCUT2D eigenvalue weighted by atomic mass is 9.88. The molecule has 0 aliphatic carbocycles. The van der Waals surface area contributed by atoms with Gasteiger partial charge in [-0.2, -0.15) is 0 Å². The van der Waals surface area contributed by atoms with Crippen LogP contribution >= 0.6 is 0 Å². The van der Waals surface area contributed by atoms with Gasteiger partial charge < -0.3 is 10.3 Å². The van der Waals surface area contributed by atoms with Crippen molar-refractivity contribution < 1.29 is 4.39 Å². The molecule has 0 bridgehead atoms. The van der Waals surface area contributed by atoms with Crippen molar-refractivity contribution in [2.45, 2.75) is 18.8 Å². The fourth-order valence-electron chi connectivity index (χ4n) is 2.66. The Labute approximate surface area is 93.9 Å². The fraction of sp³-hybridized carbons (Fsp3) is 0.385. The molecule has 2 aromatic rings. The summed E-state index contributed by atoms with van der Waals surface area (Å²) >= 11 is 0. The quantitative estimate of drug-likeness (QED) is 0.756. The molecule has 1 aliphatic heterocycles. The maximum atomic E-state index is 13.9. The lowest BCUT2D eigenvalue weighted by Gasteiger charge is -2.24. The average molecular weight is 218 g/mol. The van der Waals surface area contributed by atoms with Crippen molar-refractivity contribution in [3.63, 3.8) is 0 Å². The number of halogens is 1. The van der Waals surface area contributed by atoms with Gasteiger partial charge in [0, 0.05) is 22.7 Å². The fourth-order valence-corrected chi connectivity index (χ4v) is 2.66. The molecule has 0 saturated carbocycles. The number of hydrogen-bond acceptors (Lipinski definition) is 1. The van der Waals surface area contributed by atoms with Crippen molar-refractivity contribution in [2.75, 3.05) is 13.1 Å². The Morgan fingerprint density at radius 1 is 1.12 bits per heavy atom. The summed E-state index contributed by atoms with van der Waals surface area (Å²) in [5.74, 6) is 0.305. The minimum Gasteiger partial charge on any atom is -0.361 e. The van der Waals surface area contributed by atoms with Crippen LogP contribution in [0.1, 0.15) is 24.3 Å². The van der Waals surface area contributed by atoms with Gasteiger partial charge in [-0.3, -0.25) is 0 Å². The first kappa shape index (κ1) is 9.85. The van der Waals surface area contributed by atoms with Crippen molar-refractivity contribution in [2.24, 2.45) is 0 Å². The maximum absolute atomic E-state index is 13.9. The molecule has 2 nitrogen and oxygen atoms in total. The zero-order valence-corrected chi connectivity index (χ0v) is 9.09. The average Bonchev–Trinajstić information content (AvgIpc) is 2.78. The number of fused-ring (bicyclic) bond motifs is 1. The molecule has 1 aromatic heterocycles. The molecule has 3 heteroatoms. The normalized spacial score (nSPS) is 18.1. The predicted octanol–water partition coefficient (Wildman–Crippen LogP) is 2.77. The highest BCUT2D eigenvalue weighted by Gasteiger charge is 2.21. The molecule has 1 aromatic carbocycles. The molecule has 3 rings (SSSR count). The first-order chi connectivity index (χ1) is 7.86. The summed E-state index contributed by atoms with van der Waals surface area (Å²) in [6, 6.07) is 5.38. The van der Waals surface area contributed by atoms with Crippen molar-refractivity contribution >= 4 is 10.9 Å². The van der Waals surface area contributed by atoms with Gasteiger partial charge in [0.25, 0.3) is 0 Å². The van der Waals surface area contributed by atoms with E-state index in [1.54, 1.807) is 6.07 Å². The van der Waals surface area contributed by atoms with Crippen LogP contribution in [-0.2, 0) is 0 Å². The van der Waals surface area contributed by atoms with E-state index in [1.165, 1.54) is 0 Å². The zero-order chi connectivity index (χ0) is 11.0. The largest absolute Gasteiger partial charge is 0.361 e. The zero-order valence-electron chi connectivity index (χ0n) is 9.09. The molecule has 0 radical (unpaired) electrons. The Kier molecular flexibility index (Phi) is 2.40. The van der Waals surface area contributed by atoms with Crippen LogP contribution in [0.2, 0.25) is 0 Å². The molecule has 0 unspecified atom stereocenters. The van der Waals surface area contributed by atoms with E-state index in [0.29, 0.717) is 5.92 Å². The number of aromatic amines is 1. The summed E-state index contributed by atoms with van der Waals surface area (Å²) in [5, 5.41) is 4.36. The Bertz CT molecular complexity index is 498. The molecule has 2 N–H and O–H groups in total. The van der Waals surface area contributed by atoms with Crippen LogP contribution < -0.4 is 5.32 Å². The van der Waals surface area contributed by atoms with Crippen LogP contribution in [0.15, 0.2) is 24.4 Å². The van der Waals surface area contributed by atoms with E-state index >= 15 is 0 Å². The highest BCUT2D eigenvalue weighted by atomic mass is 19.1. The van der Waals surface area contributed by atoms with Crippen LogP contribution in [0.3, 0.4) is 0 Å². The molecule has 0 amide bonds. The van der Waals surface area contributed by atoms with E-state index in [9.17, 15) is 4.39 Å². The number of benzene rings is 1. The highest BCUT2D eigenvalue weighted by Crippen LogP contribution is 2.33. The van der Waals surface area contributed by atoms with E-state index in [4.69, 9.17) is 0 Å². The Morgan fingerprint density at radius 3 is 2.75 bits per heavy atom. The van der Waals surface area contributed by atoms with E-state index in [0.717, 1.165) is 42.4 Å². The topological polar surface area (TPSA) is 27.8 Å². The lowest BCUT2D eigenvalue weighted by Crippen LogP contribution is -2.27. The molecular formula is C13H15FN2.